The van der Waals surface area contributed by atoms with Crippen molar-refractivity contribution in [3.05, 3.63) is 28.2 Å². The lowest BCUT2D eigenvalue weighted by molar-refractivity contribution is -0.128. The monoisotopic (exact) mass is 303 g/mol. The molecule has 0 fully saturated rings. The standard InChI is InChI=1S/C14H19Cl2NO2/c1-4-11(5-2)17-14(18)9(3)19-13-8-10(15)6-7-12(13)16/h6-9,11H,4-5H2,1-3H3,(H,17,18). The number of hydrogen-bond donors (Lipinski definition) is 1. The first-order chi connectivity index (χ1) is 8.97. The Hall–Kier alpha value is -0.930. The van der Waals surface area contributed by atoms with Gasteiger partial charge in [-0.2, -0.15) is 0 Å². The fraction of sp³-hybridized carbons (Fsp3) is 0.500. The van der Waals surface area contributed by atoms with Gasteiger partial charge in [-0.3, -0.25) is 4.79 Å². The van der Waals surface area contributed by atoms with Crippen molar-refractivity contribution < 1.29 is 9.53 Å². The maximum absolute atomic E-state index is 12.0. The summed E-state index contributed by atoms with van der Waals surface area (Å²) >= 11 is 11.9. The van der Waals surface area contributed by atoms with Crippen LogP contribution in [0.3, 0.4) is 0 Å². The van der Waals surface area contributed by atoms with Crippen LogP contribution in [0.5, 0.6) is 5.75 Å². The van der Waals surface area contributed by atoms with Crippen molar-refractivity contribution in [3.63, 3.8) is 0 Å². The first-order valence-corrected chi connectivity index (χ1v) is 7.15. The van der Waals surface area contributed by atoms with Gasteiger partial charge < -0.3 is 10.1 Å². The third-order valence-corrected chi connectivity index (χ3v) is 3.45. The van der Waals surface area contributed by atoms with Crippen LogP contribution in [0, 0.1) is 0 Å². The normalized spacial score (nSPS) is 12.3. The molecular weight excluding hydrogens is 285 g/mol. The molecule has 0 radical (unpaired) electrons. The number of carbonyl (C=O) groups is 1. The Kier molecular flexibility index (Phi) is 6.46. The second-order valence-corrected chi connectivity index (χ2v) is 5.20. The Morgan fingerprint density at radius 2 is 1.95 bits per heavy atom. The maximum atomic E-state index is 12.0. The number of hydrogen-bond acceptors (Lipinski definition) is 2. The van der Waals surface area contributed by atoms with Gasteiger partial charge in [-0.25, -0.2) is 0 Å². The van der Waals surface area contributed by atoms with E-state index in [1.54, 1.807) is 25.1 Å². The van der Waals surface area contributed by atoms with Crippen LogP contribution in [-0.4, -0.2) is 18.1 Å². The molecule has 1 unspecified atom stereocenters. The quantitative estimate of drug-likeness (QED) is 0.860. The van der Waals surface area contributed by atoms with Crippen LogP contribution in [0.25, 0.3) is 0 Å². The van der Waals surface area contributed by atoms with Gasteiger partial charge in [0.05, 0.1) is 5.02 Å². The Morgan fingerprint density at radius 3 is 2.53 bits per heavy atom. The minimum atomic E-state index is -0.614. The van der Waals surface area contributed by atoms with Crippen molar-refractivity contribution in [1.82, 2.24) is 5.32 Å². The van der Waals surface area contributed by atoms with Gasteiger partial charge in [0.25, 0.3) is 5.91 Å². The zero-order chi connectivity index (χ0) is 14.4. The van der Waals surface area contributed by atoms with Crippen molar-refractivity contribution in [2.24, 2.45) is 0 Å². The van der Waals surface area contributed by atoms with E-state index in [9.17, 15) is 4.79 Å². The second kappa shape index (κ2) is 7.61. The van der Waals surface area contributed by atoms with Gasteiger partial charge in [0.2, 0.25) is 0 Å². The third kappa shape index (κ3) is 4.92. The summed E-state index contributed by atoms with van der Waals surface area (Å²) in [5, 5.41) is 3.89. The summed E-state index contributed by atoms with van der Waals surface area (Å²) < 4.78 is 5.55. The fourth-order valence-electron chi connectivity index (χ4n) is 1.62. The summed E-state index contributed by atoms with van der Waals surface area (Å²) in [6.07, 6.45) is 1.18. The van der Waals surface area contributed by atoms with E-state index in [1.165, 1.54) is 0 Å². The van der Waals surface area contributed by atoms with E-state index in [0.29, 0.717) is 15.8 Å². The van der Waals surface area contributed by atoms with Gasteiger partial charge in [0.1, 0.15) is 5.75 Å². The number of ether oxygens (including phenoxy) is 1. The zero-order valence-corrected chi connectivity index (χ0v) is 12.9. The predicted molar refractivity (Wildman–Crippen MR) is 79.1 cm³/mol. The molecule has 1 N–H and O–H groups in total. The first kappa shape index (κ1) is 16.1. The lowest BCUT2D eigenvalue weighted by Crippen LogP contribution is -2.42. The van der Waals surface area contributed by atoms with E-state index in [2.05, 4.69) is 5.32 Å². The summed E-state index contributed by atoms with van der Waals surface area (Å²) in [6.45, 7) is 5.76. The van der Waals surface area contributed by atoms with Crippen LogP contribution in [0.1, 0.15) is 33.6 Å². The van der Waals surface area contributed by atoms with E-state index < -0.39 is 6.10 Å². The molecule has 1 aromatic carbocycles. The molecule has 0 aliphatic rings. The second-order valence-electron chi connectivity index (χ2n) is 4.36. The van der Waals surface area contributed by atoms with Gasteiger partial charge in [0, 0.05) is 17.1 Å². The highest BCUT2D eigenvalue weighted by molar-refractivity contribution is 6.34. The topological polar surface area (TPSA) is 38.3 Å². The van der Waals surface area contributed by atoms with Gasteiger partial charge in [-0.1, -0.05) is 37.0 Å². The van der Waals surface area contributed by atoms with Gasteiger partial charge in [-0.05, 0) is 31.9 Å². The molecule has 5 heteroatoms. The van der Waals surface area contributed by atoms with Gasteiger partial charge >= 0.3 is 0 Å². The molecule has 0 bridgehead atoms. The van der Waals surface area contributed by atoms with E-state index in [4.69, 9.17) is 27.9 Å². The van der Waals surface area contributed by atoms with Crippen molar-refractivity contribution in [2.45, 2.75) is 45.8 Å². The van der Waals surface area contributed by atoms with Crippen molar-refractivity contribution >= 4 is 29.1 Å². The van der Waals surface area contributed by atoms with Crippen molar-refractivity contribution in [1.29, 1.82) is 0 Å². The van der Waals surface area contributed by atoms with Gasteiger partial charge in [-0.15, -0.1) is 0 Å². The number of halogens is 2. The number of rotatable bonds is 6. The number of benzene rings is 1. The third-order valence-electron chi connectivity index (χ3n) is 2.90. The van der Waals surface area contributed by atoms with Crippen LogP contribution < -0.4 is 10.1 Å². The first-order valence-electron chi connectivity index (χ1n) is 6.40. The van der Waals surface area contributed by atoms with E-state index in [-0.39, 0.29) is 11.9 Å². The molecule has 0 aliphatic carbocycles. The molecular formula is C14H19Cl2NO2. The Balaban J connectivity index is 2.65. The molecule has 1 aromatic rings. The predicted octanol–water partition coefficient (Wildman–Crippen LogP) is 4.07. The Bertz CT molecular complexity index is 433. The highest BCUT2D eigenvalue weighted by Crippen LogP contribution is 2.28. The van der Waals surface area contributed by atoms with Crippen LogP contribution in [0.4, 0.5) is 0 Å². The van der Waals surface area contributed by atoms with E-state index in [1.807, 2.05) is 13.8 Å². The van der Waals surface area contributed by atoms with E-state index >= 15 is 0 Å². The number of nitrogens with one attached hydrogen (secondary N) is 1. The molecule has 19 heavy (non-hydrogen) atoms. The van der Waals surface area contributed by atoms with E-state index in [0.717, 1.165) is 12.8 Å². The molecule has 3 nitrogen and oxygen atoms in total. The Labute approximate surface area is 124 Å². The Morgan fingerprint density at radius 1 is 1.32 bits per heavy atom. The molecule has 0 spiro atoms. The van der Waals surface area contributed by atoms with Gasteiger partial charge in [0.15, 0.2) is 6.10 Å². The minimum Gasteiger partial charge on any atom is -0.479 e. The molecule has 0 aliphatic heterocycles. The molecule has 0 saturated heterocycles. The highest BCUT2D eigenvalue weighted by atomic mass is 35.5. The largest absolute Gasteiger partial charge is 0.479 e. The molecule has 1 amide bonds. The molecule has 106 valence electrons. The lowest BCUT2D eigenvalue weighted by atomic mass is 10.1. The summed E-state index contributed by atoms with van der Waals surface area (Å²) in [7, 11) is 0. The summed E-state index contributed by atoms with van der Waals surface area (Å²) in [4.78, 5) is 12.0. The number of amides is 1. The summed E-state index contributed by atoms with van der Waals surface area (Å²) in [5.74, 6) is 0.270. The molecule has 0 aromatic heterocycles. The molecule has 1 atom stereocenters. The van der Waals surface area contributed by atoms with Crippen molar-refractivity contribution in [2.75, 3.05) is 0 Å². The average molecular weight is 304 g/mol. The van der Waals surface area contributed by atoms with Crippen LogP contribution in [0.15, 0.2) is 18.2 Å². The summed E-state index contributed by atoms with van der Waals surface area (Å²) in [5.41, 5.74) is 0. The van der Waals surface area contributed by atoms with Crippen LogP contribution in [-0.2, 0) is 4.79 Å². The van der Waals surface area contributed by atoms with Crippen LogP contribution >= 0.6 is 23.2 Å². The molecule has 0 saturated carbocycles. The van der Waals surface area contributed by atoms with Crippen LogP contribution in [0.2, 0.25) is 10.0 Å². The number of carbonyl (C=O) groups excluding carboxylic acids is 1. The fourth-order valence-corrected chi connectivity index (χ4v) is 1.95. The molecule has 1 rings (SSSR count). The maximum Gasteiger partial charge on any atom is 0.260 e. The average Bonchev–Trinajstić information content (AvgIpc) is 2.39. The smallest absolute Gasteiger partial charge is 0.260 e. The highest BCUT2D eigenvalue weighted by Gasteiger charge is 2.18. The summed E-state index contributed by atoms with van der Waals surface area (Å²) in [6, 6.07) is 5.09. The SMILES string of the molecule is CCC(CC)NC(=O)C(C)Oc1cc(Cl)ccc1Cl. The zero-order valence-electron chi connectivity index (χ0n) is 11.4. The lowest BCUT2D eigenvalue weighted by Gasteiger charge is -2.20. The molecule has 0 heterocycles. The van der Waals surface area contributed by atoms with Crippen molar-refractivity contribution in [3.8, 4) is 5.75 Å². The minimum absolute atomic E-state index is 0.148.